The van der Waals surface area contributed by atoms with E-state index in [1.165, 1.54) is 29.3 Å². The van der Waals surface area contributed by atoms with Crippen molar-refractivity contribution in [3.8, 4) is 0 Å². The zero-order valence-corrected chi connectivity index (χ0v) is 14.9. The summed E-state index contributed by atoms with van der Waals surface area (Å²) in [6, 6.07) is 8.16. The fourth-order valence-corrected chi connectivity index (χ4v) is 3.53. The molecule has 1 aliphatic carbocycles. The van der Waals surface area contributed by atoms with Crippen molar-refractivity contribution in [1.82, 2.24) is 0 Å². The van der Waals surface area contributed by atoms with Crippen molar-refractivity contribution in [1.29, 1.82) is 0 Å². The van der Waals surface area contributed by atoms with Crippen molar-refractivity contribution >= 4 is 28.3 Å². The highest BCUT2D eigenvalue weighted by Crippen LogP contribution is 2.29. The van der Waals surface area contributed by atoms with Crippen molar-refractivity contribution in [2.24, 2.45) is 5.92 Å². The fraction of sp³-hybridized carbons (Fsp3) is 0.647. The van der Waals surface area contributed by atoms with Crippen LogP contribution in [0.2, 0.25) is 0 Å². The van der Waals surface area contributed by atoms with Gasteiger partial charge in [-0.1, -0.05) is 32.3 Å². The number of rotatable bonds is 7. The monoisotopic (exact) mass is 403 g/mol. The molecule has 1 aromatic rings. The lowest BCUT2D eigenvalue weighted by molar-refractivity contribution is -0.0473. The average molecular weight is 403 g/mol. The van der Waals surface area contributed by atoms with E-state index in [2.05, 4.69) is 47.0 Å². The second-order valence-corrected chi connectivity index (χ2v) is 7.12. The maximum Gasteiger partial charge on any atom is 0.0945 e. The normalized spacial score (nSPS) is 23.8. The second kappa shape index (κ2) is 8.96. The van der Waals surface area contributed by atoms with E-state index in [0.717, 1.165) is 12.1 Å². The first-order valence-electron chi connectivity index (χ1n) is 7.98. The molecule has 0 bridgehead atoms. The van der Waals surface area contributed by atoms with Crippen LogP contribution in [0.15, 0.2) is 24.3 Å². The molecule has 1 aliphatic rings. The minimum Gasteiger partial charge on any atom is -0.389 e. The van der Waals surface area contributed by atoms with Crippen LogP contribution in [0.5, 0.6) is 0 Å². The summed E-state index contributed by atoms with van der Waals surface area (Å²) >= 11 is 2.29. The third-order valence-electron chi connectivity index (χ3n) is 4.23. The van der Waals surface area contributed by atoms with E-state index >= 15 is 0 Å². The predicted octanol–water partition coefficient (Wildman–Crippen LogP) is 4.05. The smallest absolute Gasteiger partial charge is 0.0945 e. The van der Waals surface area contributed by atoms with Crippen LogP contribution in [0, 0.1) is 9.49 Å². The standard InChI is InChI=1S/C17H26INO2/c1-2-13-6-3-4-9-17(13)21-12-16(20)11-19-15-8-5-7-14(18)10-15/h5,7-8,10,13,16-17,19-20H,2-4,6,9,11-12H2,1H3. The van der Waals surface area contributed by atoms with E-state index in [4.69, 9.17) is 4.74 Å². The van der Waals surface area contributed by atoms with Gasteiger partial charge in [0, 0.05) is 15.8 Å². The number of hydrogen-bond donors (Lipinski definition) is 2. The van der Waals surface area contributed by atoms with Crippen LogP contribution in [0.25, 0.3) is 0 Å². The first-order chi connectivity index (χ1) is 10.2. The van der Waals surface area contributed by atoms with Gasteiger partial charge in [-0.3, -0.25) is 0 Å². The van der Waals surface area contributed by atoms with Crippen molar-refractivity contribution in [2.75, 3.05) is 18.5 Å². The van der Waals surface area contributed by atoms with Crippen LogP contribution in [-0.2, 0) is 4.74 Å². The summed E-state index contributed by atoms with van der Waals surface area (Å²) in [5.74, 6) is 0.676. The number of aliphatic hydroxyl groups excluding tert-OH is 1. The number of nitrogens with one attached hydrogen (secondary N) is 1. The molecule has 1 fully saturated rings. The largest absolute Gasteiger partial charge is 0.389 e. The van der Waals surface area contributed by atoms with Crippen LogP contribution in [0.3, 0.4) is 0 Å². The third-order valence-corrected chi connectivity index (χ3v) is 4.90. The number of halogens is 1. The molecule has 0 saturated heterocycles. The topological polar surface area (TPSA) is 41.5 Å². The molecule has 0 heterocycles. The number of ether oxygens (including phenoxy) is 1. The lowest BCUT2D eigenvalue weighted by Gasteiger charge is -2.31. The molecule has 3 atom stereocenters. The van der Waals surface area contributed by atoms with Gasteiger partial charge in [-0.25, -0.2) is 0 Å². The summed E-state index contributed by atoms with van der Waals surface area (Å²) < 4.78 is 7.16. The molecule has 3 nitrogen and oxygen atoms in total. The van der Waals surface area contributed by atoms with E-state index in [1.54, 1.807) is 0 Å². The highest BCUT2D eigenvalue weighted by Gasteiger charge is 2.24. The highest BCUT2D eigenvalue weighted by molar-refractivity contribution is 14.1. The van der Waals surface area contributed by atoms with Gasteiger partial charge >= 0.3 is 0 Å². The SMILES string of the molecule is CCC1CCCCC1OCC(O)CNc1cccc(I)c1. The summed E-state index contributed by atoms with van der Waals surface area (Å²) in [6.07, 6.45) is 6.08. The molecular formula is C17H26INO2. The number of aliphatic hydroxyl groups is 1. The Kier molecular flexibility index (Phi) is 7.26. The van der Waals surface area contributed by atoms with Gasteiger partial charge in [-0.05, 0) is 59.5 Å². The molecule has 0 amide bonds. The van der Waals surface area contributed by atoms with Gasteiger partial charge in [-0.2, -0.15) is 0 Å². The van der Waals surface area contributed by atoms with Crippen LogP contribution in [-0.4, -0.2) is 30.5 Å². The summed E-state index contributed by atoms with van der Waals surface area (Å²) in [5, 5.41) is 13.3. The number of hydrogen-bond acceptors (Lipinski definition) is 3. The Bertz CT molecular complexity index is 427. The molecule has 0 radical (unpaired) electrons. The first kappa shape index (κ1) is 17.0. The van der Waals surface area contributed by atoms with Crippen molar-refractivity contribution in [3.63, 3.8) is 0 Å². The molecule has 3 unspecified atom stereocenters. The molecule has 1 aromatic carbocycles. The van der Waals surface area contributed by atoms with E-state index in [0.29, 0.717) is 25.2 Å². The minimum absolute atomic E-state index is 0.344. The van der Waals surface area contributed by atoms with E-state index in [9.17, 15) is 5.11 Å². The molecule has 118 valence electrons. The maximum absolute atomic E-state index is 10.1. The zero-order chi connectivity index (χ0) is 15.1. The maximum atomic E-state index is 10.1. The highest BCUT2D eigenvalue weighted by atomic mass is 127. The van der Waals surface area contributed by atoms with Crippen molar-refractivity contribution < 1.29 is 9.84 Å². The molecule has 0 aliphatic heterocycles. The number of anilines is 1. The molecular weight excluding hydrogens is 377 g/mol. The van der Waals surface area contributed by atoms with E-state index in [1.807, 2.05) is 12.1 Å². The van der Waals surface area contributed by atoms with Crippen LogP contribution in [0.4, 0.5) is 5.69 Å². The molecule has 2 rings (SSSR count). The Morgan fingerprint density at radius 2 is 2.19 bits per heavy atom. The Hall–Kier alpha value is -0.330. The molecule has 0 aromatic heterocycles. The lowest BCUT2D eigenvalue weighted by Crippen LogP contribution is -2.32. The van der Waals surface area contributed by atoms with E-state index < -0.39 is 6.10 Å². The molecule has 1 saturated carbocycles. The van der Waals surface area contributed by atoms with Gasteiger partial charge < -0.3 is 15.2 Å². The third kappa shape index (κ3) is 5.75. The minimum atomic E-state index is -0.456. The van der Waals surface area contributed by atoms with Gasteiger partial charge in [0.2, 0.25) is 0 Å². The molecule has 4 heteroatoms. The van der Waals surface area contributed by atoms with Gasteiger partial charge in [0.25, 0.3) is 0 Å². The van der Waals surface area contributed by atoms with Crippen molar-refractivity contribution in [3.05, 3.63) is 27.8 Å². The summed E-state index contributed by atoms with van der Waals surface area (Å²) in [7, 11) is 0. The predicted molar refractivity (Wildman–Crippen MR) is 95.6 cm³/mol. The molecule has 21 heavy (non-hydrogen) atoms. The molecule has 2 N–H and O–H groups in total. The van der Waals surface area contributed by atoms with Crippen LogP contribution < -0.4 is 5.32 Å². The van der Waals surface area contributed by atoms with Crippen LogP contribution >= 0.6 is 22.6 Å². The summed E-state index contributed by atoms with van der Waals surface area (Å²) in [5.41, 5.74) is 1.05. The summed E-state index contributed by atoms with van der Waals surface area (Å²) in [6.45, 7) is 3.20. The van der Waals surface area contributed by atoms with Gasteiger partial charge in [0.05, 0.1) is 18.8 Å². The summed E-state index contributed by atoms with van der Waals surface area (Å²) in [4.78, 5) is 0. The van der Waals surface area contributed by atoms with Gasteiger partial charge in [-0.15, -0.1) is 0 Å². The van der Waals surface area contributed by atoms with E-state index in [-0.39, 0.29) is 0 Å². The first-order valence-corrected chi connectivity index (χ1v) is 9.06. The molecule has 0 spiro atoms. The van der Waals surface area contributed by atoms with Crippen molar-refractivity contribution in [2.45, 2.75) is 51.2 Å². The Labute approximate surface area is 141 Å². The Balaban J connectivity index is 1.70. The van der Waals surface area contributed by atoms with Gasteiger partial charge in [0.1, 0.15) is 0 Å². The Morgan fingerprint density at radius 1 is 1.38 bits per heavy atom. The van der Waals surface area contributed by atoms with Gasteiger partial charge in [0.15, 0.2) is 0 Å². The number of benzene rings is 1. The van der Waals surface area contributed by atoms with Crippen LogP contribution in [0.1, 0.15) is 39.0 Å². The quantitative estimate of drug-likeness (QED) is 0.675. The second-order valence-electron chi connectivity index (χ2n) is 5.87. The lowest BCUT2D eigenvalue weighted by atomic mass is 9.85. The average Bonchev–Trinajstić information content (AvgIpc) is 2.51. The Morgan fingerprint density at radius 3 is 2.95 bits per heavy atom. The zero-order valence-electron chi connectivity index (χ0n) is 12.7. The fourth-order valence-electron chi connectivity index (χ4n) is 2.99.